The highest BCUT2D eigenvalue weighted by atomic mass is 79.9. The van der Waals surface area contributed by atoms with Gasteiger partial charge in [-0.1, -0.05) is 15.9 Å². The van der Waals surface area contributed by atoms with Gasteiger partial charge in [-0.2, -0.15) is 0 Å². The first-order valence-corrected chi connectivity index (χ1v) is 9.15. The Balaban J connectivity index is 1.72. The Morgan fingerprint density at radius 3 is 2.88 bits per heavy atom. The first kappa shape index (κ1) is 17.0. The molecule has 3 aromatic rings. The number of carbonyl (C=O) groups is 1. The fraction of sp³-hybridized carbons (Fsp3) is 0.200. The number of anilines is 1. The van der Waals surface area contributed by atoms with Crippen LogP contribution in [-0.2, 0) is 6.42 Å². The summed E-state index contributed by atoms with van der Waals surface area (Å²) >= 11 is 3.32. The van der Waals surface area contributed by atoms with E-state index in [-0.39, 0.29) is 11.7 Å². The van der Waals surface area contributed by atoms with Crippen LogP contribution in [0.4, 0.5) is 10.1 Å². The van der Waals surface area contributed by atoms with E-state index in [1.807, 2.05) is 12.1 Å². The zero-order chi connectivity index (χ0) is 18.3. The van der Waals surface area contributed by atoms with Crippen molar-refractivity contribution in [3.8, 4) is 11.5 Å². The second-order valence-electron chi connectivity index (χ2n) is 6.26. The molecule has 3 heterocycles. The molecule has 6 heteroatoms. The standard InChI is InChI=1S/C20H16BrFN2O2/c1-12-15(6-7-17(23-12)18-5-3-9-26-18)20(25)24-8-2-4-13-10-14(21)11-16(22)19(13)24/h3,5-7,9-11H,2,4,8H2,1H3. The van der Waals surface area contributed by atoms with Crippen molar-refractivity contribution in [2.24, 2.45) is 0 Å². The number of nitrogens with zero attached hydrogens (tertiary/aromatic N) is 2. The van der Waals surface area contributed by atoms with E-state index in [1.54, 1.807) is 31.4 Å². The number of hydrogen-bond donors (Lipinski definition) is 0. The van der Waals surface area contributed by atoms with Gasteiger partial charge in [0, 0.05) is 11.0 Å². The molecule has 0 fully saturated rings. The Bertz CT molecular complexity index is 986. The molecule has 1 amide bonds. The minimum absolute atomic E-state index is 0.233. The number of benzene rings is 1. The normalized spacial score (nSPS) is 13.6. The molecule has 26 heavy (non-hydrogen) atoms. The molecule has 1 aliphatic heterocycles. The Morgan fingerprint density at radius 1 is 1.31 bits per heavy atom. The minimum Gasteiger partial charge on any atom is -0.463 e. The number of hydrogen-bond acceptors (Lipinski definition) is 3. The molecule has 1 aromatic carbocycles. The largest absolute Gasteiger partial charge is 0.463 e. The molecular weight excluding hydrogens is 399 g/mol. The maximum atomic E-state index is 14.6. The van der Waals surface area contributed by atoms with Crippen molar-refractivity contribution in [3.05, 3.63) is 69.8 Å². The Labute approximate surface area is 158 Å². The van der Waals surface area contributed by atoms with Gasteiger partial charge in [-0.05, 0) is 61.7 Å². The maximum absolute atomic E-state index is 14.6. The van der Waals surface area contributed by atoms with Crippen molar-refractivity contribution in [1.82, 2.24) is 4.98 Å². The summed E-state index contributed by atoms with van der Waals surface area (Å²) in [5.74, 6) is 0.0229. The molecule has 0 unspecified atom stereocenters. The number of rotatable bonds is 2. The van der Waals surface area contributed by atoms with Crippen LogP contribution in [0.3, 0.4) is 0 Å². The van der Waals surface area contributed by atoms with E-state index in [0.717, 1.165) is 18.4 Å². The predicted molar refractivity (Wildman–Crippen MR) is 101 cm³/mol. The number of amides is 1. The van der Waals surface area contributed by atoms with Crippen molar-refractivity contribution in [3.63, 3.8) is 0 Å². The molecular formula is C20H16BrFN2O2. The van der Waals surface area contributed by atoms with Gasteiger partial charge in [0.05, 0.1) is 23.2 Å². The van der Waals surface area contributed by atoms with Crippen LogP contribution in [0.5, 0.6) is 0 Å². The second kappa shape index (κ2) is 6.68. The van der Waals surface area contributed by atoms with E-state index in [0.29, 0.717) is 39.4 Å². The van der Waals surface area contributed by atoms with Crippen molar-refractivity contribution >= 4 is 27.5 Å². The summed E-state index contributed by atoms with van der Waals surface area (Å²) in [5, 5.41) is 0. The molecule has 0 aliphatic carbocycles. The number of halogens is 2. The lowest BCUT2D eigenvalue weighted by Crippen LogP contribution is -2.36. The van der Waals surface area contributed by atoms with Crippen LogP contribution < -0.4 is 4.90 Å². The monoisotopic (exact) mass is 414 g/mol. The molecule has 0 spiro atoms. The van der Waals surface area contributed by atoms with Crippen molar-refractivity contribution in [2.75, 3.05) is 11.4 Å². The third-order valence-corrected chi connectivity index (χ3v) is 5.00. The van der Waals surface area contributed by atoms with Gasteiger partial charge in [0.25, 0.3) is 5.91 Å². The van der Waals surface area contributed by atoms with E-state index in [4.69, 9.17) is 4.42 Å². The second-order valence-corrected chi connectivity index (χ2v) is 7.18. The van der Waals surface area contributed by atoms with Gasteiger partial charge < -0.3 is 9.32 Å². The van der Waals surface area contributed by atoms with Crippen LogP contribution in [0.15, 0.2) is 51.6 Å². The molecule has 0 saturated carbocycles. The van der Waals surface area contributed by atoms with Gasteiger partial charge in [-0.3, -0.25) is 4.79 Å². The molecule has 0 atom stereocenters. The highest BCUT2D eigenvalue weighted by Crippen LogP contribution is 2.34. The van der Waals surface area contributed by atoms with Crippen LogP contribution in [0.1, 0.15) is 28.0 Å². The summed E-state index contributed by atoms with van der Waals surface area (Å²) in [7, 11) is 0. The Kier molecular flexibility index (Phi) is 4.36. The molecule has 4 nitrogen and oxygen atoms in total. The molecule has 0 bridgehead atoms. The summed E-state index contributed by atoms with van der Waals surface area (Å²) < 4.78 is 20.6. The molecule has 2 aromatic heterocycles. The minimum atomic E-state index is -0.389. The number of aromatic nitrogens is 1. The molecule has 0 radical (unpaired) electrons. The topological polar surface area (TPSA) is 46.3 Å². The van der Waals surface area contributed by atoms with Crippen molar-refractivity contribution in [1.29, 1.82) is 0 Å². The van der Waals surface area contributed by atoms with E-state index >= 15 is 0 Å². The van der Waals surface area contributed by atoms with Gasteiger partial charge in [0.2, 0.25) is 0 Å². The number of carbonyl (C=O) groups excluding carboxylic acids is 1. The third-order valence-electron chi connectivity index (χ3n) is 4.54. The highest BCUT2D eigenvalue weighted by Gasteiger charge is 2.28. The van der Waals surface area contributed by atoms with Gasteiger partial charge in [-0.15, -0.1) is 0 Å². The van der Waals surface area contributed by atoms with Crippen LogP contribution in [0, 0.1) is 12.7 Å². The fourth-order valence-corrected chi connectivity index (χ4v) is 3.83. The molecule has 132 valence electrons. The van der Waals surface area contributed by atoms with Crippen LogP contribution in [0.25, 0.3) is 11.5 Å². The zero-order valence-electron chi connectivity index (χ0n) is 14.1. The SMILES string of the molecule is Cc1nc(-c2ccco2)ccc1C(=O)N1CCCc2cc(Br)cc(F)c21. The smallest absolute Gasteiger partial charge is 0.260 e. The van der Waals surface area contributed by atoms with Crippen LogP contribution in [-0.4, -0.2) is 17.4 Å². The quantitative estimate of drug-likeness (QED) is 0.582. The lowest BCUT2D eigenvalue weighted by Gasteiger charge is -2.30. The summed E-state index contributed by atoms with van der Waals surface area (Å²) in [6.07, 6.45) is 3.13. The summed E-state index contributed by atoms with van der Waals surface area (Å²) in [4.78, 5) is 19.1. The van der Waals surface area contributed by atoms with E-state index in [1.165, 1.54) is 11.0 Å². The summed E-state index contributed by atoms with van der Waals surface area (Å²) in [6.45, 7) is 2.27. The number of pyridine rings is 1. The van der Waals surface area contributed by atoms with E-state index in [2.05, 4.69) is 20.9 Å². The summed E-state index contributed by atoms with van der Waals surface area (Å²) in [5.41, 5.74) is 2.94. The van der Waals surface area contributed by atoms with Gasteiger partial charge in [0.1, 0.15) is 11.5 Å². The fourth-order valence-electron chi connectivity index (χ4n) is 3.35. The van der Waals surface area contributed by atoms with Crippen molar-refractivity contribution < 1.29 is 13.6 Å². The molecule has 4 rings (SSSR count). The van der Waals surface area contributed by atoms with Crippen molar-refractivity contribution in [2.45, 2.75) is 19.8 Å². The first-order valence-electron chi connectivity index (χ1n) is 8.36. The summed E-state index contributed by atoms with van der Waals surface area (Å²) in [6, 6.07) is 10.4. The molecule has 1 aliphatic rings. The van der Waals surface area contributed by atoms with E-state index < -0.39 is 0 Å². The highest BCUT2D eigenvalue weighted by molar-refractivity contribution is 9.10. The number of aryl methyl sites for hydroxylation is 2. The van der Waals surface area contributed by atoms with Crippen LogP contribution >= 0.6 is 15.9 Å². The average molecular weight is 415 g/mol. The number of furan rings is 1. The average Bonchev–Trinajstić information content (AvgIpc) is 3.15. The van der Waals surface area contributed by atoms with Crippen LogP contribution in [0.2, 0.25) is 0 Å². The lowest BCUT2D eigenvalue weighted by molar-refractivity contribution is 0.0983. The number of fused-ring (bicyclic) bond motifs is 1. The zero-order valence-corrected chi connectivity index (χ0v) is 15.7. The van der Waals surface area contributed by atoms with Gasteiger partial charge in [-0.25, -0.2) is 9.37 Å². The lowest BCUT2D eigenvalue weighted by atomic mass is 10.00. The predicted octanol–water partition coefficient (Wildman–Crippen LogP) is 5.14. The van der Waals surface area contributed by atoms with Gasteiger partial charge >= 0.3 is 0 Å². The Morgan fingerprint density at radius 2 is 2.15 bits per heavy atom. The molecule has 0 N–H and O–H groups in total. The molecule has 0 saturated heterocycles. The Hall–Kier alpha value is -2.47. The van der Waals surface area contributed by atoms with E-state index in [9.17, 15) is 9.18 Å². The maximum Gasteiger partial charge on any atom is 0.260 e. The third kappa shape index (κ3) is 2.94. The van der Waals surface area contributed by atoms with Gasteiger partial charge in [0.15, 0.2) is 5.76 Å². The first-order chi connectivity index (χ1) is 12.5.